The fourth-order valence-electron chi connectivity index (χ4n) is 2.18. The molecule has 1 aliphatic rings. The number of aromatic hydroxyl groups is 1. The average molecular weight is 206 g/mol. The summed E-state index contributed by atoms with van der Waals surface area (Å²) in [5.41, 5.74) is 1.40. The van der Waals surface area contributed by atoms with E-state index in [1.54, 1.807) is 12.1 Å². The molecule has 0 aliphatic heterocycles. The summed E-state index contributed by atoms with van der Waals surface area (Å²) in [6, 6.07) is 7.71. The first-order valence-electron chi connectivity index (χ1n) is 5.44. The van der Waals surface area contributed by atoms with Crippen LogP contribution in [0, 0.1) is 0 Å². The van der Waals surface area contributed by atoms with E-state index in [9.17, 15) is 0 Å². The van der Waals surface area contributed by atoms with E-state index >= 15 is 0 Å². The Morgan fingerprint density at radius 2 is 1.53 bits per heavy atom. The van der Waals surface area contributed by atoms with Gasteiger partial charge < -0.3 is 9.90 Å². The second-order valence-electron chi connectivity index (χ2n) is 3.93. The summed E-state index contributed by atoms with van der Waals surface area (Å²) in [4.78, 5) is 8.00. The molecule has 0 spiro atoms. The van der Waals surface area contributed by atoms with Crippen molar-refractivity contribution in [1.29, 1.82) is 0 Å². The Kier molecular flexibility index (Phi) is 4.88. The lowest BCUT2D eigenvalue weighted by molar-refractivity contribution is -0.0979. The van der Waals surface area contributed by atoms with E-state index in [1.165, 1.54) is 37.7 Å². The molecule has 2 nitrogen and oxygen atoms in total. The summed E-state index contributed by atoms with van der Waals surface area (Å²) >= 11 is 0. The predicted molar refractivity (Wildman–Crippen MR) is 61.1 cm³/mol. The Hall–Kier alpha value is -1.31. The summed E-state index contributed by atoms with van der Waals surface area (Å²) in [5, 5.41) is 9.16. The van der Waals surface area contributed by atoms with Crippen LogP contribution in [-0.2, 0) is 4.79 Å². The van der Waals surface area contributed by atoms with Gasteiger partial charge in [0.1, 0.15) is 12.5 Å². The maximum absolute atomic E-state index is 9.16. The minimum absolute atomic E-state index is 0.375. The highest BCUT2D eigenvalue weighted by atomic mass is 16.3. The lowest BCUT2D eigenvalue weighted by Gasteiger charge is -2.21. The predicted octanol–water partition coefficient (Wildman–Crippen LogP) is 3.26. The molecule has 1 aromatic carbocycles. The van der Waals surface area contributed by atoms with Crippen molar-refractivity contribution in [3.8, 4) is 5.75 Å². The molecule has 15 heavy (non-hydrogen) atoms. The van der Waals surface area contributed by atoms with Gasteiger partial charge in [-0.05, 0) is 36.5 Å². The molecule has 0 heterocycles. The van der Waals surface area contributed by atoms with E-state index in [0.717, 1.165) is 5.92 Å². The number of phenolic OH excluding ortho intramolecular Hbond substituents is 1. The van der Waals surface area contributed by atoms with Crippen LogP contribution in [0.5, 0.6) is 5.75 Å². The molecule has 0 unspecified atom stereocenters. The Bertz CT molecular complexity index is 273. The Morgan fingerprint density at radius 3 is 2.07 bits per heavy atom. The summed E-state index contributed by atoms with van der Waals surface area (Å²) in [7, 11) is 0. The molecule has 1 N–H and O–H groups in total. The number of carbonyl (C=O) groups excluding carboxylic acids is 1. The van der Waals surface area contributed by atoms with Crippen molar-refractivity contribution >= 4 is 6.79 Å². The maximum atomic E-state index is 9.16. The molecule has 1 aliphatic carbocycles. The van der Waals surface area contributed by atoms with Crippen LogP contribution in [0.2, 0.25) is 0 Å². The molecule has 1 fully saturated rings. The van der Waals surface area contributed by atoms with Crippen LogP contribution in [0.25, 0.3) is 0 Å². The summed E-state index contributed by atoms with van der Waals surface area (Å²) < 4.78 is 0. The van der Waals surface area contributed by atoms with Gasteiger partial charge in [0, 0.05) is 0 Å². The molecular formula is C13H18O2. The van der Waals surface area contributed by atoms with Gasteiger partial charge in [-0.2, -0.15) is 0 Å². The second-order valence-corrected chi connectivity index (χ2v) is 3.93. The highest BCUT2D eigenvalue weighted by Crippen LogP contribution is 2.32. The fraction of sp³-hybridized carbons (Fsp3) is 0.462. The van der Waals surface area contributed by atoms with E-state index in [2.05, 4.69) is 12.1 Å². The molecule has 2 heteroatoms. The first-order chi connectivity index (χ1) is 7.36. The number of rotatable bonds is 1. The van der Waals surface area contributed by atoms with Gasteiger partial charge in [-0.25, -0.2) is 0 Å². The Balaban J connectivity index is 0.000000531. The molecule has 0 amide bonds. The first-order valence-corrected chi connectivity index (χ1v) is 5.44. The van der Waals surface area contributed by atoms with Crippen LogP contribution in [0.15, 0.2) is 24.3 Å². The molecule has 2 rings (SSSR count). The topological polar surface area (TPSA) is 37.3 Å². The zero-order chi connectivity index (χ0) is 11.1. The van der Waals surface area contributed by atoms with Gasteiger partial charge in [-0.15, -0.1) is 0 Å². The molecule has 1 aromatic rings. The number of carbonyl (C=O) groups is 1. The zero-order valence-electron chi connectivity index (χ0n) is 8.98. The molecule has 0 radical (unpaired) electrons. The minimum atomic E-state index is 0.375. The summed E-state index contributed by atoms with van der Waals surface area (Å²) in [6.45, 7) is 2.00. The second kappa shape index (κ2) is 6.23. The quantitative estimate of drug-likeness (QED) is 0.765. The fourth-order valence-corrected chi connectivity index (χ4v) is 2.18. The third-order valence-corrected chi connectivity index (χ3v) is 2.97. The van der Waals surface area contributed by atoms with Crippen LogP contribution in [0.4, 0.5) is 0 Å². The lowest BCUT2D eigenvalue weighted by Crippen LogP contribution is -2.03. The van der Waals surface area contributed by atoms with Gasteiger partial charge in [0.05, 0.1) is 0 Å². The van der Waals surface area contributed by atoms with Crippen LogP contribution in [0.3, 0.4) is 0 Å². The number of hydrogen-bond acceptors (Lipinski definition) is 2. The van der Waals surface area contributed by atoms with Crippen molar-refractivity contribution in [1.82, 2.24) is 0 Å². The van der Waals surface area contributed by atoms with Crippen LogP contribution in [-0.4, -0.2) is 11.9 Å². The molecular weight excluding hydrogens is 188 g/mol. The molecule has 0 bridgehead atoms. The maximum Gasteiger partial charge on any atom is 0.115 e. The van der Waals surface area contributed by atoms with Gasteiger partial charge >= 0.3 is 0 Å². The monoisotopic (exact) mass is 206 g/mol. The van der Waals surface area contributed by atoms with Crippen molar-refractivity contribution < 1.29 is 9.90 Å². The van der Waals surface area contributed by atoms with Crippen molar-refractivity contribution in [3.63, 3.8) is 0 Å². The van der Waals surface area contributed by atoms with Gasteiger partial charge in [0.2, 0.25) is 0 Å². The largest absolute Gasteiger partial charge is 0.508 e. The SMILES string of the molecule is C=O.Oc1ccc(C2CCCCC2)cc1. The van der Waals surface area contributed by atoms with Gasteiger partial charge in [0.15, 0.2) is 0 Å². The molecule has 82 valence electrons. The highest BCUT2D eigenvalue weighted by Gasteiger charge is 2.14. The standard InChI is InChI=1S/C12H16O.CH2O/c13-12-8-6-11(7-9-12)10-4-2-1-3-5-10;1-2/h6-10,13H,1-5H2;1H2. The van der Waals surface area contributed by atoms with Crippen LogP contribution >= 0.6 is 0 Å². The van der Waals surface area contributed by atoms with Crippen LogP contribution < -0.4 is 0 Å². The van der Waals surface area contributed by atoms with Crippen molar-refractivity contribution in [2.75, 3.05) is 0 Å². The number of benzene rings is 1. The normalized spacial score (nSPS) is 16.5. The summed E-state index contributed by atoms with van der Waals surface area (Å²) in [5.74, 6) is 1.12. The van der Waals surface area contributed by atoms with E-state index in [0.29, 0.717) is 5.75 Å². The van der Waals surface area contributed by atoms with Crippen molar-refractivity contribution in [2.24, 2.45) is 0 Å². The average Bonchev–Trinajstić information content (AvgIpc) is 2.34. The Morgan fingerprint density at radius 1 is 1.00 bits per heavy atom. The minimum Gasteiger partial charge on any atom is -0.508 e. The van der Waals surface area contributed by atoms with E-state index in [1.807, 2.05) is 6.79 Å². The van der Waals surface area contributed by atoms with Crippen molar-refractivity contribution in [2.45, 2.75) is 38.0 Å². The lowest BCUT2D eigenvalue weighted by atomic mass is 9.84. The third kappa shape index (κ3) is 3.39. The summed E-state index contributed by atoms with van der Waals surface area (Å²) in [6.07, 6.45) is 6.78. The smallest absolute Gasteiger partial charge is 0.115 e. The Labute approximate surface area is 90.9 Å². The number of phenols is 1. The highest BCUT2D eigenvalue weighted by molar-refractivity contribution is 5.28. The molecule has 0 atom stereocenters. The van der Waals surface area contributed by atoms with E-state index in [4.69, 9.17) is 9.90 Å². The molecule has 1 saturated carbocycles. The van der Waals surface area contributed by atoms with E-state index < -0.39 is 0 Å². The zero-order valence-corrected chi connectivity index (χ0v) is 8.98. The third-order valence-electron chi connectivity index (χ3n) is 2.97. The van der Waals surface area contributed by atoms with Gasteiger partial charge in [0.25, 0.3) is 0 Å². The molecule has 0 saturated heterocycles. The van der Waals surface area contributed by atoms with Gasteiger partial charge in [-0.3, -0.25) is 0 Å². The van der Waals surface area contributed by atoms with Crippen molar-refractivity contribution in [3.05, 3.63) is 29.8 Å². The van der Waals surface area contributed by atoms with E-state index in [-0.39, 0.29) is 0 Å². The first kappa shape index (κ1) is 11.8. The van der Waals surface area contributed by atoms with Crippen LogP contribution in [0.1, 0.15) is 43.6 Å². The van der Waals surface area contributed by atoms with Gasteiger partial charge in [-0.1, -0.05) is 31.4 Å². The number of hydrogen-bond donors (Lipinski definition) is 1. The molecule has 0 aromatic heterocycles.